The number of hydrogen-bond acceptors (Lipinski definition) is 4. The minimum absolute atomic E-state index is 0.541. The van der Waals surface area contributed by atoms with Crippen LogP contribution in [0.4, 0.5) is 0 Å². The Morgan fingerprint density at radius 2 is 2.06 bits per heavy atom. The standard InChI is InChI=1S/C13H12N2O3/c1-15-7-10(8-16)13(14-15)9-2-3-11-12(6-9)18-5-4-17-11/h2-3,6-8H,4-5H2,1H3. The van der Waals surface area contributed by atoms with E-state index in [-0.39, 0.29) is 0 Å². The van der Waals surface area contributed by atoms with Gasteiger partial charge in [0, 0.05) is 18.8 Å². The van der Waals surface area contributed by atoms with Gasteiger partial charge in [0.05, 0.1) is 5.56 Å². The molecule has 0 amide bonds. The van der Waals surface area contributed by atoms with Crippen LogP contribution in [0.15, 0.2) is 24.4 Å². The van der Waals surface area contributed by atoms with Crippen LogP contribution in [0.5, 0.6) is 11.5 Å². The van der Waals surface area contributed by atoms with Crippen LogP contribution in [0, 0.1) is 0 Å². The van der Waals surface area contributed by atoms with E-state index in [1.54, 1.807) is 17.9 Å². The Kier molecular flexibility index (Phi) is 2.51. The molecule has 1 aromatic heterocycles. The first-order valence-corrected chi connectivity index (χ1v) is 5.67. The molecule has 0 bridgehead atoms. The molecule has 0 fully saturated rings. The van der Waals surface area contributed by atoms with Crippen molar-refractivity contribution in [1.29, 1.82) is 0 Å². The van der Waals surface area contributed by atoms with Gasteiger partial charge in [-0.3, -0.25) is 9.48 Å². The lowest BCUT2D eigenvalue weighted by molar-refractivity contribution is 0.112. The number of benzene rings is 1. The first kappa shape index (κ1) is 10.8. The molecule has 0 N–H and O–H groups in total. The zero-order valence-electron chi connectivity index (χ0n) is 9.92. The van der Waals surface area contributed by atoms with Crippen molar-refractivity contribution in [1.82, 2.24) is 9.78 Å². The molecule has 3 rings (SSSR count). The van der Waals surface area contributed by atoms with Gasteiger partial charge in [-0.25, -0.2) is 0 Å². The van der Waals surface area contributed by atoms with Crippen LogP contribution in [-0.2, 0) is 7.05 Å². The van der Waals surface area contributed by atoms with Gasteiger partial charge in [-0.2, -0.15) is 5.10 Å². The number of fused-ring (bicyclic) bond motifs is 1. The first-order chi connectivity index (χ1) is 8.78. The average molecular weight is 244 g/mol. The third-order valence-electron chi connectivity index (χ3n) is 2.80. The van der Waals surface area contributed by atoms with Crippen molar-refractivity contribution in [3.05, 3.63) is 30.0 Å². The van der Waals surface area contributed by atoms with Gasteiger partial charge in [0.1, 0.15) is 18.9 Å². The van der Waals surface area contributed by atoms with E-state index in [0.717, 1.165) is 17.6 Å². The van der Waals surface area contributed by atoms with Crippen LogP contribution in [0.25, 0.3) is 11.3 Å². The van der Waals surface area contributed by atoms with Crippen LogP contribution in [0.2, 0.25) is 0 Å². The highest BCUT2D eigenvalue weighted by atomic mass is 16.6. The summed E-state index contributed by atoms with van der Waals surface area (Å²) in [6.07, 6.45) is 2.50. The number of aldehydes is 1. The Morgan fingerprint density at radius 3 is 2.83 bits per heavy atom. The highest BCUT2D eigenvalue weighted by Crippen LogP contribution is 2.34. The molecule has 0 unspecified atom stereocenters. The molecule has 1 aliphatic rings. The molecule has 5 nitrogen and oxygen atoms in total. The summed E-state index contributed by atoms with van der Waals surface area (Å²) in [5.41, 5.74) is 2.07. The molecule has 2 heterocycles. The van der Waals surface area contributed by atoms with Gasteiger partial charge in [0.15, 0.2) is 17.8 Å². The Balaban J connectivity index is 2.08. The Morgan fingerprint density at radius 1 is 1.28 bits per heavy atom. The summed E-state index contributed by atoms with van der Waals surface area (Å²) >= 11 is 0. The van der Waals surface area contributed by atoms with E-state index in [1.165, 1.54) is 0 Å². The molecule has 0 aliphatic carbocycles. The maximum absolute atomic E-state index is 11.0. The highest BCUT2D eigenvalue weighted by Gasteiger charge is 2.15. The Labute approximate surface area is 104 Å². The lowest BCUT2D eigenvalue weighted by Crippen LogP contribution is -2.15. The van der Waals surface area contributed by atoms with E-state index in [9.17, 15) is 4.79 Å². The normalized spacial score (nSPS) is 13.4. The largest absolute Gasteiger partial charge is 0.486 e. The maximum Gasteiger partial charge on any atom is 0.162 e. The van der Waals surface area contributed by atoms with Crippen molar-refractivity contribution in [2.45, 2.75) is 0 Å². The van der Waals surface area contributed by atoms with Crippen molar-refractivity contribution in [2.24, 2.45) is 7.05 Å². The molecule has 0 spiro atoms. The van der Waals surface area contributed by atoms with Gasteiger partial charge in [-0.05, 0) is 18.2 Å². The summed E-state index contributed by atoms with van der Waals surface area (Å²) in [4.78, 5) is 11.0. The van der Waals surface area contributed by atoms with E-state index in [1.807, 2.05) is 18.2 Å². The third kappa shape index (κ3) is 1.73. The van der Waals surface area contributed by atoms with Crippen LogP contribution in [0.3, 0.4) is 0 Å². The maximum atomic E-state index is 11.0. The fourth-order valence-electron chi connectivity index (χ4n) is 2.01. The number of ether oxygens (including phenoxy) is 2. The second-order valence-corrected chi connectivity index (χ2v) is 4.08. The van der Waals surface area contributed by atoms with Crippen LogP contribution in [-0.4, -0.2) is 29.3 Å². The smallest absolute Gasteiger partial charge is 0.162 e. The summed E-state index contributed by atoms with van der Waals surface area (Å²) < 4.78 is 12.6. The van der Waals surface area contributed by atoms with Gasteiger partial charge in [0.2, 0.25) is 0 Å². The fourth-order valence-corrected chi connectivity index (χ4v) is 2.01. The summed E-state index contributed by atoms with van der Waals surface area (Å²) in [7, 11) is 1.79. The molecule has 0 atom stereocenters. The van der Waals surface area contributed by atoms with Gasteiger partial charge < -0.3 is 9.47 Å². The fraction of sp³-hybridized carbons (Fsp3) is 0.231. The highest BCUT2D eigenvalue weighted by molar-refractivity contribution is 5.85. The van der Waals surface area contributed by atoms with Crippen molar-refractivity contribution in [2.75, 3.05) is 13.2 Å². The summed E-state index contributed by atoms with van der Waals surface area (Å²) in [6, 6.07) is 5.57. The van der Waals surface area contributed by atoms with Crippen molar-refractivity contribution < 1.29 is 14.3 Å². The minimum Gasteiger partial charge on any atom is -0.486 e. The van der Waals surface area contributed by atoms with Gasteiger partial charge >= 0.3 is 0 Å². The van der Waals surface area contributed by atoms with Crippen LogP contribution >= 0.6 is 0 Å². The number of carbonyl (C=O) groups is 1. The second kappa shape index (κ2) is 4.18. The second-order valence-electron chi connectivity index (χ2n) is 4.08. The molecular formula is C13H12N2O3. The number of aromatic nitrogens is 2. The molecule has 0 saturated carbocycles. The predicted molar refractivity (Wildman–Crippen MR) is 65.0 cm³/mol. The zero-order valence-corrected chi connectivity index (χ0v) is 9.92. The topological polar surface area (TPSA) is 53.4 Å². The Hall–Kier alpha value is -2.30. The number of carbonyl (C=O) groups excluding carboxylic acids is 1. The van der Waals surface area contributed by atoms with E-state index < -0.39 is 0 Å². The summed E-state index contributed by atoms with van der Waals surface area (Å²) in [6.45, 7) is 1.11. The van der Waals surface area contributed by atoms with Crippen LogP contribution < -0.4 is 9.47 Å². The molecular weight excluding hydrogens is 232 g/mol. The lowest BCUT2D eigenvalue weighted by atomic mass is 10.1. The van der Waals surface area contributed by atoms with Gasteiger partial charge in [0.25, 0.3) is 0 Å². The molecule has 2 aromatic rings. The number of aryl methyl sites for hydroxylation is 1. The van der Waals surface area contributed by atoms with Crippen LogP contribution in [0.1, 0.15) is 10.4 Å². The van der Waals surface area contributed by atoms with Crippen molar-refractivity contribution in [3.8, 4) is 22.8 Å². The molecule has 0 saturated heterocycles. The van der Waals surface area contributed by atoms with Crippen molar-refractivity contribution in [3.63, 3.8) is 0 Å². The van der Waals surface area contributed by atoms with E-state index in [4.69, 9.17) is 9.47 Å². The number of rotatable bonds is 2. The molecule has 1 aromatic carbocycles. The monoisotopic (exact) mass is 244 g/mol. The number of nitrogens with zero attached hydrogens (tertiary/aromatic N) is 2. The predicted octanol–water partition coefficient (Wildman–Crippen LogP) is 1.67. The van der Waals surface area contributed by atoms with E-state index in [2.05, 4.69) is 5.10 Å². The molecule has 1 aliphatic heterocycles. The third-order valence-corrected chi connectivity index (χ3v) is 2.80. The lowest BCUT2D eigenvalue weighted by Gasteiger charge is -2.18. The van der Waals surface area contributed by atoms with E-state index in [0.29, 0.717) is 30.2 Å². The summed E-state index contributed by atoms with van der Waals surface area (Å²) in [5.74, 6) is 1.43. The minimum atomic E-state index is 0.541. The van der Waals surface area contributed by atoms with Crippen molar-refractivity contribution >= 4 is 6.29 Å². The quantitative estimate of drug-likeness (QED) is 0.754. The number of hydrogen-bond donors (Lipinski definition) is 0. The Bertz CT molecular complexity index is 604. The van der Waals surface area contributed by atoms with Gasteiger partial charge in [-0.1, -0.05) is 0 Å². The zero-order chi connectivity index (χ0) is 12.5. The molecule has 18 heavy (non-hydrogen) atoms. The van der Waals surface area contributed by atoms with Gasteiger partial charge in [-0.15, -0.1) is 0 Å². The average Bonchev–Trinajstić information content (AvgIpc) is 2.79. The molecule has 5 heteroatoms. The SMILES string of the molecule is Cn1cc(C=O)c(-c2ccc3c(c2)OCCO3)n1. The molecule has 0 radical (unpaired) electrons. The first-order valence-electron chi connectivity index (χ1n) is 5.67. The molecule has 92 valence electrons. The summed E-state index contributed by atoms with van der Waals surface area (Å²) in [5, 5.41) is 4.29. The van der Waals surface area contributed by atoms with E-state index >= 15 is 0 Å².